The van der Waals surface area contributed by atoms with E-state index in [1.807, 2.05) is 17.9 Å². The summed E-state index contributed by atoms with van der Waals surface area (Å²) in [5, 5.41) is 9.33. The van der Waals surface area contributed by atoms with E-state index in [1.165, 1.54) is 17.7 Å². The van der Waals surface area contributed by atoms with Crippen LogP contribution in [0.5, 0.6) is 0 Å². The number of piperidine rings is 1. The summed E-state index contributed by atoms with van der Waals surface area (Å²) in [6, 6.07) is 12.4. The second-order valence-corrected chi connectivity index (χ2v) is 12.0. The SMILES string of the molecule is CCCN1C(=O)[C@H](CCCCNC(=O)Nc2c(Cl)cc(Cl)cc2Cl)NC(=O)C12CCN(CCc1ccccc1)CC2. The summed E-state index contributed by atoms with van der Waals surface area (Å²) in [6.45, 7) is 5.53. The fourth-order valence-corrected chi connectivity index (χ4v) is 6.60. The molecule has 3 N–H and O–H groups in total. The van der Waals surface area contributed by atoms with Crippen LogP contribution in [-0.4, -0.2) is 71.9 Å². The average Bonchev–Trinajstić information content (AvgIpc) is 2.95. The first-order chi connectivity index (χ1) is 19.7. The Morgan fingerprint density at radius 1 is 1.02 bits per heavy atom. The lowest BCUT2D eigenvalue weighted by Crippen LogP contribution is -2.72. The fraction of sp³-hybridized carbons (Fsp3) is 0.500. The predicted octanol–water partition coefficient (Wildman–Crippen LogP) is 5.75. The van der Waals surface area contributed by atoms with Gasteiger partial charge in [-0.1, -0.05) is 72.1 Å². The first-order valence-corrected chi connectivity index (χ1v) is 15.4. The van der Waals surface area contributed by atoms with E-state index in [-0.39, 0.29) is 27.5 Å². The number of anilines is 1. The van der Waals surface area contributed by atoms with Gasteiger partial charge in [-0.05, 0) is 62.6 Å². The van der Waals surface area contributed by atoms with Crippen molar-refractivity contribution in [2.45, 2.75) is 63.5 Å². The molecule has 0 aliphatic carbocycles. The van der Waals surface area contributed by atoms with Gasteiger partial charge in [0.2, 0.25) is 11.8 Å². The molecule has 0 bridgehead atoms. The molecule has 41 heavy (non-hydrogen) atoms. The normalized spacial score (nSPS) is 18.8. The van der Waals surface area contributed by atoms with Gasteiger partial charge in [-0.15, -0.1) is 0 Å². The second kappa shape index (κ2) is 14.6. The number of urea groups is 1. The highest BCUT2D eigenvalue weighted by atomic mass is 35.5. The van der Waals surface area contributed by atoms with Crippen LogP contribution >= 0.6 is 34.8 Å². The first kappa shape index (κ1) is 31.4. The smallest absolute Gasteiger partial charge is 0.319 e. The third kappa shape index (κ3) is 7.86. The summed E-state index contributed by atoms with van der Waals surface area (Å²) in [6.07, 6.45) is 4.89. The molecule has 1 spiro atoms. The van der Waals surface area contributed by atoms with Crippen molar-refractivity contribution in [1.82, 2.24) is 20.4 Å². The summed E-state index contributed by atoms with van der Waals surface area (Å²) in [4.78, 5) is 43.6. The van der Waals surface area contributed by atoms with E-state index in [4.69, 9.17) is 34.8 Å². The van der Waals surface area contributed by atoms with Crippen molar-refractivity contribution in [2.75, 3.05) is 38.0 Å². The van der Waals surface area contributed by atoms with E-state index in [0.717, 1.165) is 32.5 Å². The number of rotatable bonds is 11. The molecule has 2 heterocycles. The Morgan fingerprint density at radius 3 is 2.37 bits per heavy atom. The van der Waals surface area contributed by atoms with Crippen molar-refractivity contribution in [3.05, 3.63) is 63.1 Å². The van der Waals surface area contributed by atoms with E-state index in [1.54, 1.807) is 0 Å². The van der Waals surface area contributed by atoms with Gasteiger partial charge in [0.1, 0.15) is 11.6 Å². The van der Waals surface area contributed by atoms with Crippen molar-refractivity contribution in [3.8, 4) is 0 Å². The summed E-state index contributed by atoms with van der Waals surface area (Å²) in [7, 11) is 0. The maximum absolute atomic E-state index is 13.6. The van der Waals surface area contributed by atoms with Crippen LogP contribution in [0.15, 0.2) is 42.5 Å². The second-order valence-electron chi connectivity index (χ2n) is 10.7. The van der Waals surface area contributed by atoms with Crippen LogP contribution < -0.4 is 16.0 Å². The Balaban J connectivity index is 1.23. The molecule has 0 aromatic heterocycles. The fourth-order valence-electron chi connectivity index (χ4n) is 5.69. The number of halogens is 3. The molecule has 0 radical (unpaired) electrons. The quantitative estimate of drug-likeness (QED) is 0.278. The molecular weight excluding hydrogens is 585 g/mol. The summed E-state index contributed by atoms with van der Waals surface area (Å²) < 4.78 is 0. The number of piperazine rings is 1. The molecular formula is C30H38Cl3N5O3. The molecule has 4 rings (SSSR count). The minimum Gasteiger partial charge on any atom is -0.342 e. The number of amides is 4. The topological polar surface area (TPSA) is 93.8 Å². The Bertz CT molecular complexity index is 1200. The van der Waals surface area contributed by atoms with Crippen molar-refractivity contribution < 1.29 is 14.4 Å². The molecule has 2 fully saturated rings. The number of nitrogens with one attached hydrogen (secondary N) is 3. The lowest BCUT2D eigenvalue weighted by molar-refractivity contribution is -0.161. The zero-order valence-electron chi connectivity index (χ0n) is 23.4. The summed E-state index contributed by atoms with van der Waals surface area (Å²) in [5.74, 6) is -0.0330. The molecule has 0 saturated carbocycles. The molecule has 8 nitrogen and oxygen atoms in total. The number of hydrogen-bond donors (Lipinski definition) is 3. The van der Waals surface area contributed by atoms with Crippen LogP contribution in [0.3, 0.4) is 0 Å². The Labute approximate surface area is 257 Å². The largest absolute Gasteiger partial charge is 0.342 e. The Morgan fingerprint density at radius 2 is 1.71 bits per heavy atom. The van der Waals surface area contributed by atoms with Crippen LogP contribution in [0, 0.1) is 0 Å². The van der Waals surface area contributed by atoms with E-state index >= 15 is 0 Å². The third-order valence-corrected chi connectivity index (χ3v) is 8.76. The van der Waals surface area contributed by atoms with Gasteiger partial charge in [0, 0.05) is 37.7 Å². The summed E-state index contributed by atoms with van der Waals surface area (Å²) >= 11 is 18.2. The number of carbonyl (C=O) groups is 3. The van der Waals surface area contributed by atoms with Crippen molar-refractivity contribution in [3.63, 3.8) is 0 Å². The highest BCUT2D eigenvalue weighted by molar-refractivity contribution is 6.42. The van der Waals surface area contributed by atoms with Gasteiger partial charge in [-0.3, -0.25) is 9.59 Å². The van der Waals surface area contributed by atoms with Crippen molar-refractivity contribution in [2.24, 2.45) is 0 Å². The molecule has 1 atom stereocenters. The minimum absolute atomic E-state index is 0.00177. The van der Waals surface area contributed by atoms with Crippen LogP contribution in [0.4, 0.5) is 10.5 Å². The molecule has 2 saturated heterocycles. The predicted molar refractivity (Wildman–Crippen MR) is 165 cm³/mol. The highest BCUT2D eigenvalue weighted by Gasteiger charge is 2.52. The Kier molecular flexibility index (Phi) is 11.2. The molecule has 2 aliphatic rings. The zero-order valence-corrected chi connectivity index (χ0v) is 25.6. The number of hydrogen-bond acceptors (Lipinski definition) is 4. The Hall–Kier alpha value is -2.52. The van der Waals surface area contributed by atoms with Crippen LogP contribution in [0.25, 0.3) is 0 Å². The summed E-state index contributed by atoms with van der Waals surface area (Å²) in [5.41, 5.74) is 0.828. The number of likely N-dealkylation sites (tertiary alicyclic amines) is 1. The minimum atomic E-state index is -0.767. The zero-order chi connectivity index (χ0) is 29.4. The molecule has 0 unspecified atom stereocenters. The number of nitrogens with zero attached hydrogens (tertiary/aromatic N) is 2. The standard InChI is InChI=1S/C30H38Cl3N5O3/c1-2-15-38-27(39)25(10-6-7-14-34-29(41)36-26-23(32)19-22(31)20-24(26)33)35-28(40)30(38)12-17-37(18-13-30)16-11-21-8-4-3-5-9-21/h3-5,8-9,19-20,25H,2,6-7,10-18H2,1H3,(H,35,40)(H2,34,36,41)/t25-/m0/s1. The monoisotopic (exact) mass is 621 g/mol. The van der Waals surface area contributed by atoms with E-state index < -0.39 is 17.6 Å². The third-order valence-electron chi connectivity index (χ3n) is 7.95. The van der Waals surface area contributed by atoms with Crippen LogP contribution in [0.2, 0.25) is 15.1 Å². The maximum atomic E-state index is 13.6. The van der Waals surface area contributed by atoms with Crippen molar-refractivity contribution in [1.29, 1.82) is 0 Å². The van der Waals surface area contributed by atoms with Gasteiger partial charge < -0.3 is 25.8 Å². The molecule has 11 heteroatoms. The lowest BCUT2D eigenvalue weighted by atomic mass is 9.81. The van der Waals surface area contributed by atoms with Gasteiger partial charge >= 0.3 is 6.03 Å². The van der Waals surface area contributed by atoms with Crippen molar-refractivity contribution >= 4 is 58.3 Å². The van der Waals surface area contributed by atoms with Gasteiger partial charge in [0.25, 0.3) is 0 Å². The van der Waals surface area contributed by atoms with Gasteiger partial charge in [0.15, 0.2) is 0 Å². The number of benzene rings is 2. The molecule has 2 aromatic carbocycles. The molecule has 2 aliphatic heterocycles. The van der Waals surface area contributed by atoms with E-state index in [0.29, 0.717) is 50.2 Å². The lowest BCUT2D eigenvalue weighted by Gasteiger charge is -2.51. The molecule has 2 aromatic rings. The molecule has 4 amide bonds. The highest BCUT2D eigenvalue weighted by Crippen LogP contribution is 2.35. The first-order valence-electron chi connectivity index (χ1n) is 14.3. The van der Waals surface area contributed by atoms with E-state index in [2.05, 4.69) is 45.1 Å². The number of unbranched alkanes of at least 4 members (excludes halogenated alkanes) is 1. The van der Waals surface area contributed by atoms with Crippen LogP contribution in [-0.2, 0) is 16.0 Å². The molecule has 222 valence electrons. The van der Waals surface area contributed by atoms with Gasteiger partial charge in [-0.2, -0.15) is 0 Å². The van der Waals surface area contributed by atoms with Gasteiger partial charge in [0.05, 0.1) is 15.7 Å². The van der Waals surface area contributed by atoms with Crippen LogP contribution in [0.1, 0.15) is 51.0 Å². The van der Waals surface area contributed by atoms with E-state index in [9.17, 15) is 14.4 Å². The average molecular weight is 623 g/mol. The maximum Gasteiger partial charge on any atom is 0.319 e. The van der Waals surface area contributed by atoms with Gasteiger partial charge in [-0.25, -0.2) is 4.79 Å². The number of carbonyl (C=O) groups excluding carboxylic acids is 3.